The number of hydrogen-bond donors (Lipinski definition) is 0. The highest BCUT2D eigenvalue weighted by Crippen LogP contribution is 2.67. The van der Waals surface area contributed by atoms with Crippen molar-refractivity contribution in [2.24, 2.45) is 11.3 Å². The Labute approximate surface area is 136 Å². The number of halogens is 3. The fourth-order valence-electron chi connectivity index (χ4n) is 4.17. The summed E-state index contributed by atoms with van der Waals surface area (Å²) in [5.41, 5.74) is -4.45. The lowest BCUT2D eigenvalue weighted by Gasteiger charge is -2.37. The Kier molecular flexibility index (Phi) is 3.09. The highest BCUT2D eigenvalue weighted by Gasteiger charge is 2.77. The zero-order chi connectivity index (χ0) is 17.9. The van der Waals surface area contributed by atoms with Crippen LogP contribution in [0.3, 0.4) is 0 Å². The minimum absolute atomic E-state index is 0.0570. The molecule has 4 nitrogen and oxygen atoms in total. The van der Waals surface area contributed by atoms with Gasteiger partial charge in [0.05, 0.1) is 18.1 Å². The topological polar surface area (TPSA) is 67.9 Å². The van der Waals surface area contributed by atoms with E-state index in [1.807, 2.05) is 0 Å². The fraction of sp³-hybridized carbons (Fsp3) is 0.353. The van der Waals surface area contributed by atoms with Crippen molar-refractivity contribution in [3.05, 3.63) is 42.0 Å². The van der Waals surface area contributed by atoms with Gasteiger partial charge in [0.25, 0.3) is 0 Å². The molecule has 2 atom stereocenters. The number of amides is 1. The summed E-state index contributed by atoms with van der Waals surface area (Å²) < 4.78 is 41.6. The first-order chi connectivity index (χ1) is 11.2. The molecule has 1 aromatic rings. The summed E-state index contributed by atoms with van der Waals surface area (Å²) in [5, 5.41) is 19.2. The Bertz CT molecular complexity index is 832. The van der Waals surface area contributed by atoms with Gasteiger partial charge in [-0.2, -0.15) is 23.7 Å². The minimum atomic E-state index is -4.81. The van der Waals surface area contributed by atoms with Gasteiger partial charge in [0.2, 0.25) is 5.91 Å². The second kappa shape index (κ2) is 4.61. The average molecular weight is 331 g/mol. The molecule has 1 heterocycles. The maximum absolute atomic E-state index is 13.9. The number of nitriles is 2. The number of likely N-dealkylation sites (N-methyl/N-ethyl adjacent to an activating group) is 1. The summed E-state index contributed by atoms with van der Waals surface area (Å²) in [5.74, 6) is -3.17. The Morgan fingerprint density at radius 2 is 1.88 bits per heavy atom. The van der Waals surface area contributed by atoms with E-state index in [1.54, 1.807) is 18.2 Å². The molecule has 1 aromatic carbocycles. The van der Waals surface area contributed by atoms with Gasteiger partial charge in [0.1, 0.15) is 5.41 Å². The number of fused-ring (bicyclic) bond motifs is 2. The molecule has 1 aliphatic heterocycles. The van der Waals surface area contributed by atoms with E-state index in [2.05, 4.69) is 6.58 Å². The molecule has 0 radical (unpaired) electrons. The van der Waals surface area contributed by atoms with E-state index >= 15 is 0 Å². The summed E-state index contributed by atoms with van der Waals surface area (Å²) in [4.78, 5) is 14.1. The largest absolute Gasteiger partial charge is 0.396 e. The van der Waals surface area contributed by atoms with Gasteiger partial charge in [-0.05, 0) is 11.6 Å². The summed E-state index contributed by atoms with van der Waals surface area (Å²) in [7, 11) is 1.35. The number of carbonyl (C=O) groups is 1. The Hall–Kier alpha value is -2.80. The lowest BCUT2D eigenvalue weighted by atomic mass is 9.60. The van der Waals surface area contributed by atoms with Crippen LogP contribution in [-0.2, 0) is 10.2 Å². The first kappa shape index (κ1) is 16.1. The van der Waals surface area contributed by atoms with Crippen LogP contribution in [0.25, 0.3) is 0 Å². The number of anilines is 1. The lowest BCUT2D eigenvalue weighted by Crippen LogP contribution is -2.55. The summed E-state index contributed by atoms with van der Waals surface area (Å²) in [6, 6.07) is 9.42. The molecule has 1 spiro atoms. The van der Waals surface area contributed by atoms with Crippen LogP contribution in [0.15, 0.2) is 36.4 Å². The quantitative estimate of drug-likeness (QED) is 0.686. The van der Waals surface area contributed by atoms with E-state index in [-0.39, 0.29) is 16.8 Å². The van der Waals surface area contributed by atoms with Crippen molar-refractivity contribution in [2.75, 3.05) is 11.9 Å². The van der Waals surface area contributed by atoms with Crippen molar-refractivity contribution in [3.63, 3.8) is 0 Å². The average Bonchev–Trinajstić information content (AvgIpc) is 2.93. The molecular weight excluding hydrogens is 319 g/mol. The molecule has 0 saturated heterocycles. The number of rotatable bonds is 0. The van der Waals surface area contributed by atoms with E-state index in [9.17, 15) is 28.5 Å². The van der Waals surface area contributed by atoms with E-state index in [1.165, 1.54) is 25.2 Å². The normalized spacial score (nSPS) is 27.9. The van der Waals surface area contributed by atoms with Gasteiger partial charge in [0, 0.05) is 19.2 Å². The molecular formula is C17H12F3N3O. The highest BCUT2D eigenvalue weighted by atomic mass is 19.4. The molecule has 122 valence electrons. The zero-order valence-electron chi connectivity index (χ0n) is 12.7. The molecule has 0 bridgehead atoms. The molecule has 1 saturated carbocycles. The molecule has 1 amide bonds. The number of para-hydroxylation sites is 1. The van der Waals surface area contributed by atoms with Crippen molar-refractivity contribution in [1.82, 2.24) is 0 Å². The van der Waals surface area contributed by atoms with E-state index in [4.69, 9.17) is 0 Å². The number of carbonyl (C=O) groups excluding carboxylic acids is 1. The van der Waals surface area contributed by atoms with Crippen molar-refractivity contribution >= 4 is 11.6 Å². The lowest BCUT2D eigenvalue weighted by molar-refractivity contribution is -0.184. The third-order valence-electron chi connectivity index (χ3n) is 5.05. The van der Waals surface area contributed by atoms with Crippen LogP contribution in [0.5, 0.6) is 0 Å². The summed E-state index contributed by atoms with van der Waals surface area (Å²) in [6.07, 6.45) is -5.29. The van der Waals surface area contributed by atoms with Crippen molar-refractivity contribution < 1.29 is 18.0 Å². The highest BCUT2D eigenvalue weighted by molar-refractivity contribution is 6.10. The molecule has 24 heavy (non-hydrogen) atoms. The maximum atomic E-state index is 13.9. The number of alkyl halides is 3. The van der Waals surface area contributed by atoms with E-state index < -0.39 is 35.3 Å². The van der Waals surface area contributed by atoms with Gasteiger partial charge < -0.3 is 4.90 Å². The van der Waals surface area contributed by atoms with Crippen LogP contribution in [-0.4, -0.2) is 19.1 Å². The monoisotopic (exact) mass is 331 g/mol. The Balaban J connectivity index is 2.48. The molecule has 1 fully saturated rings. The molecule has 0 N–H and O–H groups in total. The maximum Gasteiger partial charge on any atom is 0.396 e. The number of hydrogen-bond acceptors (Lipinski definition) is 3. The first-order valence-corrected chi connectivity index (χ1v) is 7.12. The van der Waals surface area contributed by atoms with Gasteiger partial charge in [-0.1, -0.05) is 30.4 Å². The molecule has 7 heteroatoms. The molecule has 1 aliphatic carbocycles. The van der Waals surface area contributed by atoms with Crippen LogP contribution in [0, 0.1) is 34.0 Å². The third kappa shape index (κ3) is 1.54. The second-order valence-corrected chi connectivity index (χ2v) is 6.13. The predicted molar refractivity (Wildman–Crippen MR) is 78.5 cm³/mol. The van der Waals surface area contributed by atoms with Crippen molar-refractivity contribution in [3.8, 4) is 12.1 Å². The van der Waals surface area contributed by atoms with Crippen molar-refractivity contribution in [1.29, 1.82) is 10.5 Å². The Morgan fingerprint density at radius 3 is 2.42 bits per heavy atom. The van der Waals surface area contributed by atoms with E-state index in [0.717, 1.165) is 4.90 Å². The fourth-order valence-corrected chi connectivity index (χ4v) is 4.17. The number of nitrogens with zero attached hydrogens (tertiary/aromatic N) is 3. The third-order valence-corrected chi connectivity index (χ3v) is 5.05. The molecule has 0 aromatic heterocycles. The standard InChI is InChI=1S/C17H12F3N3O/c1-10-7-15(8-21,9-22)16(13(10)17(18,19)20)11-5-3-4-6-12(11)23(2)14(16)24/h3-6,13H,1,7H2,2H3/t13-,16-/m0/s1. The molecule has 3 rings (SSSR count). The minimum Gasteiger partial charge on any atom is -0.314 e. The first-order valence-electron chi connectivity index (χ1n) is 7.12. The molecule has 0 unspecified atom stereocenters. The van der Waals surface area contributed by atoms with E-state index in [0.29, 0.717) is 0 Å². The van der Waals surface area contributed by atoms with Gasteiger partial charge in [-0.15, -0.1) is 0 Å². The summed E-state index contributed by atoms with van der Waals surface area (Å²) >= 11 is 0. The Morgan fingerprint density at radius 1 is 1.29 bits per heavy atom. The van der Waals surface area contributed by atoms with Crippen LogP contribution >= 0.6 is 0 Å². The number of benzene rings is 1. The SMILES string of the molecule is C=C1CC(C#N)(C#N)[C@]2(C(=O)N(C)c3ccccc32)[C@H]1C(F)(F)F. The van der Waals surface area contributed by atoms with Crippen LogP contribution in [0.4, 0.5) is 18.9 Å². The van der Waals surface area contributed by atoms with Gasteiger partial charge in [-0.25, -0.2) is 0 Å². The van der Waals surface area contributed by atoms with Crippen LogP contribution in [0.2, 0.25) is 0 Å². The number of allylic oxidation sites excluding steroid dienone is 1. The second-order valence-electron chi connectivity index (χ2n) is 6.13. The van der Waals surface area contributed by atoms with Crippen LogP contribution < -0.4 is 4.90 Å². The van der Waals surface area contributed by atoms with Gasteiger partial charge in [-0.3, -0.25) is 4.79 Å². The molecule has 2 aliphatic rings. The van der Waals surface area contributed by atoms with Gasteiger partial charge in [0.15, 0.2) is 5.41 Å². The van der Waals surface area contributed by atoms with Crippen LogP contribution in [0.1, 0.15) is 12.0 Å². The van der Waals surface area contributed by atoms with Gasteiger partial charge >= 0.3 is 6.18 Å². The van der Waals surface area contributed by atoms with Crippen molar-refractivity contribution in [2.45, 2.75) is 18.0 Å². The summed E-state index contributed by atoms with van der Waals surface area (Å²) in [6.45, 7) is 3.45. The smallest absolute Gasteiger partial charge is 0.314 e. The zero-order valence-corrected chi connectivity index (χ0v) is 12.7. The predicted octanol–water partition coefficient (Wildman–Crippen LogP) is 3.07.